The number of likely N-dealkylation sites (N-methyl/N-ethyl adjacent to an activating group) is 1. The highest BCUT2D eigenvalue weighted by atomic mass is 19.4. The molecule has 1 aromatic heterocycles. The zero-order chi connectivity index (χ0) is 35.6. The molecule has 3 saturated heterocycles. The number of anilines is 5. The molecular weight excluding hydrogens is 653 g/mol. The minimum absolute atomic E-state index is 0.138. The first-order chi connectivity index (χ1) is 23.9. The molecule has 0 bridgehead atoms. The molecule has 0 atom stereocenters. The van der Waals surface area contributed by atoms with Crippen LogP contribution in [0.25, 0.3) is 0 Å². The molecule has 0 saturated carbocycles. The number of methoxy groups -OCH3 is 1. The fourth-order valence-electron chi connectivity index (χ4n) is 7.38. The van der Waals surface area contributed by atoms with Gasteiger partial charge in [0.2, 0.25) is 11.9 Å². The van der Waals surface area contributed by atoms with Crippen LogP contribution in [0.3, 0.4) is 0 Å². The Bertz CT molecular complexity index is 1550. The SMILES string of the molecule is C=CC(=O)Nc1cc(Nc2ncc3c(n2)N(C2CCN(C)CC2)C(=O)N(CC(F)(F)F)C3)c(OC)cc1N1CCC(N2CCN(C)CC2)CC1. The number of carbonyl (C=O) groups is 2. The Labute approximate surface area is 291 Å². The Morgan fingerprint density at radius 2 is 1.64 bits per heavy atom. The Balaban J connectivity index is 1.27. The first kappa shape index (κ1) is 35.7. The Morgan fingerprint density at radius 3 is 2.28 bits per heavy atom. The van der Waals surface area contributed by atoms with Gasteiger partial charge in [0.25, 0.3) is 0 Å². The van der Waals surface area contributed by atoms with E-state index in [1.54, 1.807) is 13.2 Å². The lowest BCUT2D eigenvalue weighted by Gasteiger charge is -2.43. The van der Waals surface area contributed by atoms with E-state index in [0.717, 1.165) is 62.7 Å². The van der Waals surface area contributed by atoms with Crippen molar-refractivity contribution in [3.63, 3.8) is 0 Å². The molecule has 2 N–H and O–H groups in total. The molecule has 50 heavy (non-hydrogen) atoms. The molecule has 4 aliphatic rings. The molecule has 3 amide bonds. The van der Waals surface area contributed by atoms with E-state index in [-0.39, 0.29) is 24.4 Å². The third-order valence-electron chi connectivity index (χ3n) is 10.2. The molecule has 6 rings (SSSR count). The van der Waals surface area contributed by atoms with E-state index < -0.39 is 18.8 Å². The average Bonchev–Trinajstić information content (AvgIpc) is 3.09. The van der Waals surface area contributed by atoms with Crippen LogP contribution in [0.5, 0.6) is 5.75 Å². The number of likely N-dealkylation sites (tertiary alicyclic amines) is 1. The van der Waals surface area contributed by atoms with Crippen LogP contribution in [0, 0.1) is 0 Å². The molecule has 0 radical (unpaired) electrons. The molecule has 4 aliphatic heterocycles. The second-order valence-corrected chi connectivity index (χ2v) is 13.6. The predicted molar refractivity (Wildman–Crippen MR) is 186 cm³/mol. The minimum Gasteiger partial charge on any atom is -0.494 e. The molecule has 272 valence electrons. The van der Waals surface area contributed by atoms with Gasteiger partial charge in [0.05, 0.1) is 30.7 Å². The van der Waals surface area contributed by atoms with Crippen molar-refractivity contribution in [2.24, 2.45) is 0 Å². The summed E-state index contributed by atoms with van der Waals surface area (Å²) in [5, 5.41) is 6.13. The summed E-state index contributed by atoms with van der Waals surface area (Å²) in [5.41, 5.74) is 2.27. The third-order valence-corrected chi connectivity index (χ3v) is 10.2. The standard InChI is InChI=1S/C34H47F3N10O3/c1-5-30(48)39-26-18-27(29(50-4)19-28(26)45-12-8-24(9-13-45)44-16-14-43(3)15-17-44)40-32-38-20-23-21-46(22-34(35,36)37)33(49)47(31(23)41-32)25-6-10-42(2)11-7-25/h5,18-20,24-25H,1,6-17,21-22H2,2-4H3,(H,39,48)(H,38,40,41). The zero-order valence-electron chi connectivity index (χ0n) is 29.0. The van der Waals surface area contributed by atoms with Crippen molar-refractivity contribution in [2.75, 3.05) is 101 Å². The molecule has 16 heteroatoms. The lowest BCUT2D eigenvalue weighted by molar-refractivity contribution is -0.141. The molecule has 0 spiro atoms. The van der Waals surface area contributed by atoms with Crippen molar-refractivity contribution >= 4 is 40.8 Å². The third kappa shape index (κ3) is 8.08. The normalized spacial score (nSPS) is 20.5. The molecule has 5 heterocycles. The fourth-order valence-corrected chi connectivity index (χ4v) is 7.38. The van der Waals surface area contributed by atoms with E-state index in [1.807, 2.05) is 13.1 Å². The number of ether oxygens (including phenoxy) is 1. The number of nitrogens with zero attached hydrogens (tertiary/aromatic N) is 8. The van der Waals surface area contributed by atoms with Gasteiger partial charge in [-0.1, -0.05) is 6.58 Å². The number of piperidine rings is 2. The smallest absolute Gasteiger partial charge is 0.406 e. The second kappa shape index (κ2) is 15.0. The van der Waals surface area contributed by atoms with Crippen molar-refractivity contribution in [1.82, 2.24) is 29.6 Å². The number of amides is 3. The summed E-state index contributed by atoms with van der Waals surface area (Å²) in [5.74, 6) is 0.549. The quantitative estimate of drug-likeness (QED) is 0.373. The Kier molecular flexibility index (Phi) is 10.7. The highest BCUT2D eigenvalue weighted by Gasteiger charge is 2.42. The van der Waals surface area contributed by atoms with Crippen LogP contribution in [0.2, 0.25) is 0 Å². The first-order valence-corrected chi connectivity index (χ1v) is 17.2. The van der Waals surface area contributed by atoms with E-state index in [2.05, 4.69) is 48.8 Å². The van der Waals surface area contributed by atoms with Crippen LogP contribution in [-0.4, -0.2) is 140 Å². The Morgan fingerprint density at radius 1 is 0.980 bits per heavy atom. The van der Waals surface area contributed by atoms with Crippen LogP contribution < -0.4 is 25.2 Å². The number of rotatable bonds is 9. The number of hydrogen-bond acceptors (Lipinski definition) is 10. The van der Waals surface area contributed by atoms with Crippen LogP contribution in [-0.2, 0) is 11.3 Å². The van der Waals surface area contributed by atoms with Crippen molar-refractivity contribution in [3.05, 3.63) is 36.5 Å². The number of alkyl halides is 3. The van der Waals surface area contributed by atoms with E-state index in [4.69, 9.17) is 9.72 Å². The van der Waals surface area contributed by atoms with Crippen LogP contribution in [0.15, 0.2) is 31.0 Å². The van der Waals surface area contributed by atoms with Gasteiger partial charge >= 0.3 is 12.2 Å². The maximum absolute atomic E-state index is 13.6. The monoisotopic (exact) mass is 700 g/mol. The van der Waals surface area contributed by atoms with E-state index in [0.29, 0.717) is 60.5 Å². The fraction of sp³-hybridized carbons (Fsp3) is 0.588. The molecule has 2 aromatic rings. The average molecular weight is 701 g/mol. The van der Waals surface area contributed by atoms with Gasteiger partial charge in [-0.05, 0) is 65.0 Å². The van der Waals surface area contributed by atoms with Crippen molar-refractivity contribution in [1.29, 1.82) is 0 Å². The van der Waals surface area contributed by atoms with Crippen molar-refractivity contribution in [2.45, 2.75) is 50.5 Å². The number of nitrogens with one attached hydrogen (secondary N) is 2. The van der Waals surface area contributed by atoms with Crippen molar-refractivity contribution in [3.8, 4) is 5.75 Å². The number of fused-ring (bicyclic) bond motifs is 1. The van der Waals surface area contributed by atoms with Gasteiger partial charge in [0.15, 0.2) is 0 Å². The summed E-state index contributed by atoms with van der Waals surface area (Å²) in [7, 11) is 5.68. The minimum atomic E-state index is -4.55. The topological polar surface area (TPSA) is 113 Å². The maximum Gasteiger partial charge on any atom is 0.406 e. The lowest BCUT2D eigenvalue weighted by Crippen LogP contribution is -2.56. The summed E-state index contributed by atoms with van der Waals surface area (Å²) >= 11 is 0. The van der Waals surface area contributed by atoms with E-state index in [1.165, 1.54) is 17.2 Å². The van der Waals surface area contributed by atoms with Crippen molar-refractivity contribution < 1.29 is 27.5 Å². The first-order valence-electron chi connectivity index (χ1n) is 17.2. The van der Waals surface area contributed by atoms with E-state index in [9.17, 15) is 22.8 Å². The van der Waals surface area contributed by atoms with Crippen LogP contribution >= 0.6 is 0 Å². The molecule has 0 aliphatic carbocycles. The summed E-state index contributed by atoms with van der Waals surface area (Å²) in [6.07, 6.45) is 1.33. The second-order valence-electron chi connectivity index (χ2n) is 13.6. The largest absolute Gasteiger partial charge is 0.494 e. The number of benzene rings is 1. The number of urea groups is 1. The van der Waals surface area contributed by atoms with Gasteiger partial charge in [-0.3, -0.25) is 14.6 Å². The predicted octanol–water partition coefficient (Wildman–Crippen LogP) is 3.97. The number of carbonyl (C=O) groups excluding carboxylic acids is 2. The maximum atomic E-state index is 13.6. The molecule has 13 nitrogen and oxygen atoms in total. The summed E-state index contributed by atoms with van der Waals surface area (Å²) in [4.78, 5) is 46.8. The number of halogens is 3. The van der Waals surface area contributed by atoms with Gasteiger partial charge < -0.3 is 35.0 Å². The zero-order valence-corrected chi connectivity index (χ0v) is 29.0. The van der Waals surface area contributed by atoms with E-state index >= 15 is 0 Å². The molecular formula is C34H47F3N10O3. The van der Waals surface area contributed by atoms with Crippen LogP contribution in [0.4, 0.5) is 46.8 Å². The number of aromatic nitrogens is 2. The van der Waals surface area contributed by atoms with Gasteiger partial charge in [-0.2, -0.15) is 18.2 Å². The summed E-state index contributed by atoms with van der Waals surface area (Å²) in [6, 6.07) is 3.11. The summed E-state index contributed by atoms with van der Waals surface area (Å²) < 4.78 is 46.2. The van der Waals surface area contributed by atoms with Gasteiger partial charge in [-0.15, -0.1) is 0 Å². The van der Waals surface area contributed by atoms with Gasteiger partial charge in [-0.25, -0.2) is 9.78 Å². The number of hydrogen-bond donors (Lipinski definition) is 2. The van der Waals surface area contributed by atoms with Gasteiger partial charge in [0, 0.05) is 69.2 Å². The lowest BCUT2D eigenvalue weighted by atomic mass is 10.0. The molecule has 3 fully saturated rings. The highest BCUT2D eigenvalue weighted by molar-refractivity contribution is 6.02. The number of piperazine rings is 1. The molecule has 1 aromatic carbocycles. The Hall–Kier alpha value is -4.15. The summed E-state index contributed by atoms with van der Waals surface area (Å²) in [6.45, 7) is 9.31. The highest BCUT2D eigenvalue weighted by Crippen LogP contribution is 2.40. The van der Waals surface area contributed by atoms with Gasteiger partial charge in [0.1, 0.15) is 18.1 Å². The van der Waals surface area contributed by atoms with Crippen LogP contribution in [0.1, 0.15) is 31.2 Å². The molecule has 0 unspecified atom stereocenters.